The third-order valence-electron chi connectivity index (χ3n) is 1.74. The summed E-state index contributed by atoms with van der Waals surface area (Å²) in [6, 6.07) is 6.06. The van der Waals surface area contributed by atoms with Crippen molar-refractivity contribution < 1.29 is 4.74 Å². The van der Waals surface area contributed by atoms with Gasteiger partial charge >= 0.3 is 0 Å². The van der Waals surface area contributed by atoms with Gasteiger partial charge in [-0.15, -0.1) is 11.3 Å². The molecule has 0 N–H and O–H groups in total. The largest absolute Gasteiger partial charge is 0.495 e. The maximum Gasteiger partial charge on any atom is 0.136 e. The molecule has 0 aliphatic rings. The highest BCUT2D eigenvalue weighted by atomic mass is 79.9. The summed E-state index contributed by atoms with van der Waals surface area (Å²) in [5.74, 6) is 0.947. The van der Waals surface area contributed by atoms with Crippen LogP contribution in [0.5, 0.6) is 5.75 Å². The highest BCUT2D eigenvalue weighted by Crippen LogP contribution is 2.36. The molecule has 0 fully saturated rings. The van der Waals surface area contributed by atoms with Gasteiger partial charge < -0.3 is 4.74 Å². The van der Waals surface area contributed by atoms with E-state index in [0.717, 1.165) is 10.2 Å². The maximum atomic E-state index is 5.23. The van der Waals surface area contributed by atoms with Crippen molar-refractivity contribution in [3.05, 3.63) is 28.1 Å². The standard InChI is InChI=1S/C9H7BrOS/c1-11-8-4-2-3-6-7(10)5-12-9(6)8/h2-5H,1H3. The van der Waals surface area contributed by atoms with Crippen LogP contribution in [-0.2, 0) is 0 Å². The molecule has 12 heavy (non-hydrogen) atoms. The molecule has 2 rings (SSSR count). The highest BCUT2D eigenvalue weighted by Gasteiger charge is 2.04. The van der Waals surface area contributed by atoms with E-state index in [2.05, 4.69) is 27.4 Å². The molecular formula is C9H7BrOS. The first kappa shape index (κ1) is 8.08. The average Bonchev–Trinajstić information content (AvgIpc) is 2.48. The fourth-order valence-corrected chi connectivity index (χ4v) is 2.82. The van der Waals surface area contributed by atoms with Crippen LogP contribution in [0.3, 0.4) is 0 Å². The number of rotatable bonds is 1. The number of benzene rings is 1. The molecule has 0 saturated heterocycles. The summed E-state index contributed by atoms with van der Waals surface area (Å²) >= 11 is 5.18. The van der Waals surface area contributed by atoms with Gasteiger partial charge in [0.1, 0.15) is 5.75 Å². The van der Waals surface area contributed by atoms with Crippen molar-refractivity contribution in [1.29, 1.82) is 0 Å². The predicted molar refractivity (Wildman–Crippen MR) is 56.1 cm³/mol. The molecule has 0 bridgehead atoms. The number of hydrogen-bond acceptors (Lipinski definition) is 2. The first-order valence-electron chi connectivity index (χ1n) is 3.52. The summed E-state index contributed by atoms with van der Waals surface area (Å²) in [5, 5.41) is 3.30. The third kappa shape index (κ3) is 1.13. The summed E-state index contributed by atoms with van der Waals surface area (Å²) in [4.78, 5) is 0. The van der Waals surface area contributed by atoms with Crippen LogP contribution in [0.1, 0.15) is 0 Å². The van der Waals surface area contributed by atoms with Crippen molar-refractivity contribution in [2.24, 2.45) is 0 Å². The molecule has 3 heteroatoms. The van der Waals surface area contributed by atoms with E-state index in [9.17, 15) is 0 Å². The molecule has 0 aliphatic heterocycles. The van der Waals surface area contributed by atoms with Crippen LogP contribution < -0.4 is 4.74 Å². The molecule has 1 aromatic carbocycles. The molecule has 0 aliphatic carbocycles. The Kier molecular flexibility index (Phi) is 2.07. The fourth-order valence-electron chi connectivity index (χ4n) is 1.16. The van der Waals surface area contributed by atoms with Crippen molar-refractivity contribution in [2.75, 3.05) is 7.11 Å². The Morgan fingerprint density at radius 2 is 2.25 bits per heavy atom. The van der Waals surface area contributed by atoms with E-state index in [1.54, 1.807) is 18.4 Å². The summed E-state index contributed by atoms with van der Waals surface area (Å²) in [6.07, 6.45) is 0. The quantitative estimate of drug-likeness (QED) is 0.742. The zero-order chi connectivity index (χ0) is 8.55. The monoisotopic (exact) mass is 242 g/mol. The maximum absolute atomic E-state index is 5.23. The Bertz CT molecular complexity index is 408. The first-order valence-corrected chi connectivity index (χ1v) is 5.20. The van der Waals surface area contributed by atoms with E-state index in [4.69, 9.17) is 4.74 Å². The fraction of sp³-hybridized carbons (Fsp3) is 0.111. The normalized spacial score (nSPS) is 10.5. The molecule has 62 valence electrons. The Morgan fingerprint density at radius 1 is 1.42 bits per heavy atom. The van der Waals surface area contributed by atoms with Crippen LogP contribution in [0, 0.1) is 0 Å². The highest BCUT2D eigenvalue weighted by molar-refractivity contribution is 9.10. The number of halogens is 1. The molecule has 0 saturated carbocycles. The number of hydrogen-bond donors (Lipinski definition) is 0. The van der Waals surface area contributed by atoms with Gasteiger partial charge in [-0.2, -0.15) is 0 Å². The van der Waals surface area contributed by atoms with Gasteiger partial charge in [-0.1, -0.05) is 12.1 Å². The lowest BCUT2D eigenvalue weighted by Crippen LogP contribution is -1.80. The summed E-state index contributed by atoms with van der Waals surface area (Å²) in [7, 11) is 1.70. The van der Waals surface area contributed by atoms with Crippen LogP contribution in [0.2, 0.25) is 0 Å². The van der Waals surface area contributed by atoms with Crippen LogP contribution in [-0.4, -0.2) is 7.11 Å². The van der Waals surface area contributed by atoms with Crippen molar-refractivity contribution >= 4 is 37.4 Å². The lowest BCUT2D eigenvalue weighted by Gasteiger charge is -1.99. The zero-order valence-corrected chi connectivity index (χ0v) is 8.91. The zero-order valence-electron chi connectivity index (χ0n) is 6.50. The van der Waals surface area contributed by atoms with Gasteiger partial charge in [-0.05, 0) is 22.0 Å². The summed E-state index contributed by atoms with van der Waals surface area (Å²) < 4.78 is 7.57. The molecule has 0 amide bonds. The Balaban J connectivity index is 2.81. The number of fused-ring (bicyclic) bond motifs is 1. The second kappa shape index (κ2) is 3.07. The minimum Gasteiger partial charge on any atom is -0.495 e. The second-order valence-electron chi connectivity index (χ2n) is 2.42. The topological polar surface area (TPSA) is 9.23 Å². The molecule has 0 radical (unpaired) electrons. The predicted octanol–water partition coefficient (Wildman–Crippen LogP) is 3.67. The van der Waals surface area contributed by atoms with E-state index in [1.165, 1.54) is 10.1 Å². The van der Waals surface area contributed by atoms with Crippen molar-refractivity contribution in [1.82, 2.24) is 0 Å². The molecule has 1 nitrogen and oxygen atoms in total. The van der Waals surface area contributed by atoms with Gasteiger partial charge in [0.2, 0.25) is 0 Å². The van der Waals surface area contributed by atoms with E-state index in [1.807, 2.05) is 12.1 Å². The lowest BCUT2D eigenvalue weighted by molar-refractivity contribution is 0.420. The average molecular weight is 243 g/mol. The van der Waals surface area contributed by atoms with Crippen LogP contribution >= 0.6 is 27.3 Å². The molecule has 1 heterocycles. The van der Waals surface area contributed by atoms with Gasteiger partial charge in [0, 0.05) is 15.2 Å². The van der Waals surface area contributed by atoms with Gasteiger partial charge in [-0.3, -0.25) is 0 Å². The van der Waals surface area contributed by atoms with Crippen LogP contribution in [0.4, 0.5) is 0 Å². The van der Waals surface area contributed by atoms with E-state index < -0.39 is 0 Å². The minimum atomic E-state index is 0.947. The number of ether oxygens (including phenoxy) is 1. The SMILES string of the molecule is COc1cccc2c(Br)csc12. The van der Waals surface area contributed by atoms with Crippen molar-refractivity contribution in [2.45, 2.75) is 0 Å². The van der Waals surface area contributed by atoms with Crippen LogP contribution in [0.15, 0.2) is 28.1 Å². The molecule has 0 spiro atoms. The van der Waals surface area contributed by atoms with Gasteiger partial charge in [-0.25, -0.2) is 0 Å². The first-order chi connectivity index (χ1) is 5.83. The minimum absolute atomic E-state index is 0.947. The Hall–Kier alpha value is -0.540. The lowest BCUT2D eigenvalue weighted by atomic mass is 10.2. The second-order valence-corrected chi connectivity index (χ2v) is 4.15. The molecule has 2 aromatic rings. The number of thiophene rings is 1. The molecular weight excluding hydrogens is 236 g/mol. The number of methoxy groups -OCH3 is 1. The van der Waals surface area contributed by atoms with Gasteiger partial charge in [0.25, 0.3) is 0 Å². The Morgan fingerprint density at radius 3 is 3.00 bits per heavy atom. The van der Waals surface area contributed by atoms with Gasteiger partial charge in [0.15, 0.2) is 0 Å². The van der Waals surface area contributed by atoms with E-state index >= 15 is 0 Å². The van der Waals surface area contributed by atoms with Crippen molar-refractivity contribution in [3.8, 4) is 5.75 Å². The van der Waals surface area contributed by atoms with Crippen molar-refractivity contribution in [3.63, 3.8) is 0 Å². The summed E-state index contributed by atoms with van der Waals surface area (Å²) in [6.45, 7) is 0. The molecule has 0 atom stereocenters. The van der Waals surface area contributed by atoms with Gasteiger partial charge in [0.05, 0.1) is 11.8 Å². The van der Waals surface area contributed by atoms with E-state index in [0.29, 0.717) is 0 Å². The Labute approximate surface area is 83.1 Å². The van der Waals surface area contributed by atoms with E-state index in [-0.39, 0.29) is 0 Å². The molecule has 1 aromatic heterocycles. The molecule has 0 unspecified atom stereocenters. The third-order valence-corrected chi connectivity index (χ3v) is 3.71. The smallest absolute Gasteiger partial charge is 0.136 e. The summed E-state index contributed by atoms with van der Waals surface area (Å²) in [5.41, 5.74) is 0. The van der Waals surface area contributed by atoms with Crippen LogP contribution in [0.25, 0.3) is 10.1 Å².